The molecule has 3 rings (SSSR count). The van der Waals surface area contributed by atoms with Crippen molar-refractivity contribution in [1.82, 2.24) is 19.7 Å². The van der Waals surface area contributed by atoms with Gasteiger partial charge in [-0.1, -0.05) is 0 Å². The second kappa shape index (κ2) is 8.40. The molecule has 0 radical (unpaired) electrons. The zero-order valence-electron chi connectivity index (χ0n) is 14.5. The van der Waals surface area contributed by atoms with E-state index in [0.717, 1.165) is 32.5 Å². The van der Waals surface area contributed by atoms with Crippen LogP contribution in [0.15, 0.2) is 24.5 Å². The highest BCUT2D eigenvalue weighted by Gasteiger charge is 2.29. The average molecular weight is 346 g/mol. The molecule has 7 nitrogen and oxygen atoms in total. The van der Waals surface area contributed by atoms with E-state index in [1.165, 1.54) is 10.5 Å². The van der Waals surface area contributed by atoms with Crippen molar-refractivity contribution in [2.45, 2.75) is 31.9 Å². The van der Waals surface area contributed by atoms with Gasteiger partial charge in [0.1, 0.15) is 6.10 Å². The van der Waals surface area contributed by atoms with Gasteiger partial charge in [0.05, 0.1) is 6.54 Å². The number of aromatic nitrogens is 1. The van der Waals surface area contributed by atoms with E-state index in [1.54, 1.807) is 12.4 Å². The summed E-state index contributed by atoms with van der Waals surface area (Å²) in [5.41, 5.74) is 1.22. The van der Waals surface area contributed by atoms with Crippen molar-refractivity contribution in [3.05, 3.63) is 30.1 Å². The first-order valence-electron chi connectivity index (χ1n) is 8.99. The normalized spacial score (nSPS) is 22.8. The molecule has 1 aromatic rings. The predicted octanol–water partition coefficient (Wildman–Crippen LogP) is 0.0992. The highest BCUT2D eigenvalue weighted by Crippen LogP contribution is 2.13. The summed E-state index contributed by atoms with van der Waals surface area (Å²) in [4.78, 5) is 34.3. The van der Waals surface area contributed by atoms with Crippen molar-refractivity contribution < 1.29 is 14.7 Å². The van der Waals surface area contributed by atoms with Crippen molar-refractivity contribution in [2.75, 3.05) is 39.3 Å². The van der Waals surface area contributed by atoms with E-state index in [2.05, 4.69) is 9.88 Å². The van der Waals surface area contributed by atoms with Crippen molar-refractivity contribution in [2.24, 2.45) is 0 Å². The maximum absolute atomic E-state index is 12.5. The van der Waals surface area contributed by atoms with Crippen LogP contribution >= 0.6 is 0 Å². The van der Waals surface area contributed by atoms with Gasteiger partial charge >= 0.3 is 0 Å². The molecule has 1 unspecified atom stereocenters. The number of aliphatic hydroxyl groups excluding tert-OH is 1. The zero-order chi connectivity index (χ0) is 17.6. The lowest BCUT2D eigenvalue weighted by molar-refractivity contribution is -0.146. The maximum Gasteiger partial charge on any atom is 0.251 e. The molecule has 0 bridgehead atoms. The van der Waals surface area contributed by atoms with Crippen LogP contribution in [-0.4, -0.2) is 82.0 Å². The second-order valence-corrected chi connectivity index (χ2v) is 6.78. The molecule has 2 aliphatic rings. The van der Waals surface area contributed by atoms with E-state index >= 15 is 0 Å². The number of hydrogen-bond donors (Lipinski definition) is 1. The molecule has 0 spiro atoms. The van der Waals surface area contributed by atoms with Gasteiger partial charge in [0.2, 0.25) is 5.91 Å². The Hall–Kier alpha value is -1.99. The lowest BCUT2D eigenvalue weighted by Gasteiger charge is -2.35. The number of pyridine rings is 1. The molecule has 136 valence electrons. The molecule has 1 N–H and O–H groups in total. The minimum atomic E-state index is -0.951. The number of aliphatic hydroxyl groups is 1. The predicted molar refractivity (Wildman–Crippen MR) is 92.5 cm³/mol. The fourth-order valence-electron chi connectivity index (χ4n) is 3.41. The third-order valence-electron chi connectivity index (χ3n) is 4.96. The van der Waals surface area contributed by atoms with Crippen LogP contribution in [0.2, 0.25) is 0 Å². The Labute approximate surface area is 148 Å². The minimum absolute atomic E-state index is 0.0222. The van der Waals surface area contributed by atoms with Crippen molar-refractivity contribution in [3.63, 3.8) is 0 Å². The molecule has 25 heavy (non-hydrogen) atoms. The summed E-state index contributed by atoms with van der Waals surface area (Å²) >= 11 is 0. The van der Waals surface area contributed by atoms with E-state index in [-0.39, 0.29) is 18.4 Å². The average Bonchev–Trinajstić information content (AvgIpc) is 2.79. The van der Waals surface area contributed by atoms with Crippen LogP contribution in [0.5, 0.6) is 0 Å². The van der Waals surface area contributed by atoms with Crippen molar-refractivity contribution in [1.29, 1.82) is 0 Å². The summed E-state index contributed by atoms with van der Waals surface area (Å²) in [7, 11) is 0. The number of hydrogen-bond acceptors (Lipinski definition) is 5. The molecule has 3 heterocycles. The lowest BCUT2D eigenvalue weighted by Crippen LogP contribution is -2.52. The van der Waals surface area contributed by atoms with Crippen LogP contribution < -0.4 is 0 Å². The van der Waals surface area contributed by atoms with Gasteiger partial charge in [0.15, 0.2) is 0 Å². The Balaban J connectivity index is 1.47. The zero-order valence-corrected chi connectivity index (χ0v) is 14.5. The summed E-state index contributed by atoms with van der Waals surface area (Å²) in [6, 6.07) is 4.02. The summed E-state index contributed by atoms with van der Waals surface area (Å²) < 4.78 is 0. The number of likely N-dealkylation sites (tertiary alicyclic amines) is 1. The highest BCUT2D eigenvalue weighted by molar-refractivity contribution is 5.87. The van der Waals surface area contributed by atoms with E-state index in [1.807, 2.05) is 17.0 Å². The van der Waals surface area contributed by atoms with E-state index in [0.29, 0.717) is 26.1 Å². The van der Waals surface area contributed by atoms with Crippen LogP contribution in [0, 0.1) is 0 Å². The first-order chi connectivity index (χ1) is 12.1. The monoisotopic (exact) mass is 346 g/mol. The molecule has 0 aliphatic carbocycles. The molecular formula is C18H26N4O3. The Morgan fingerprint density at radius 2 is 1.84 bits per heavy atom. The topological polar surface area (TPSA) is 77.0 Å². The van der Waals surface area contributed by atoms with Crippen molar-refractivity contribution >= 4 is 11.8 Å². The molecule has 1 aromatic heterocycles. The molecule has 1 atom stereocenters. The number of amides is 2. The van der Waals surface area contributed by atoms with Crippen LogP contribution in [-0.2, 0) is 16.1 Å². The van der Waals surface area contributed by atoms with Gasteiger partial charge in [-0.25, -0.2) is 0 Å². The number of rotatable bonds is 4. The SMILES string of the molecule is O=C(CN1CCCCC(O)C1=O)N1CCN(Cc2ccncc2)CC1. The first-order valence-corrected chi connectivity index (χ1v) is 8.99. The highest BCUT2D eigenvalue weighted by atomic mass is 16.3. The smallest absolute Gasteiger partial charge is 0.251 e. The van der Waals surface area contributed by atoms with Crippen molar-refractivity contribution in [3.8, 4) is 0 Å². The van der Waals surface area contributed by atoms with Gasteiger partial charge in [0.25, 0.3) is 5.91 Å². The molecule has 0 aromatic carbocycles. The molecule has 7 heteroatoms. The van der Waals surface area contributed by atoms with Gasteiger partial charge in [0, 0.05) is 51.7 Å². The van der Waals surface area contributed by atoms with Gasteiger partial charge in [-0.2, -0.15) is 0 Å². The molecule has 2 aliphatic heterocycles. The van der Waals surface area contributed by atoms with Gasteiger partial charge in [-0.05, 0) is 37.0 Å². The van der Waals surface area contributed by atoms with Gasteiger partial charge < -0.3 is 14.9 Å². The third kappa shape index (κ3) is 4.76. The van der Waals surface area contributed by atoms with Crippen LogP contribution in [0.4, 0.5) is 0 Å². The van der Waals surface area contributed by atoms with Crippen LogP contribution in [0.25, 0.3) is 0 Å². The summed E-state index contributed by atoms with van der Waals surface area (Å²) in [5.74, 6) is -0.326. The van der Waals surface area contributed by atoms with Crippen LogP contribution in [0.3, 0.4) is 0 Å². The van der Waals surface area contributed by atoms with E-state index in [9.17, 15) is 14.7 Å². The molecular weight excluding hydrogens is 320 g/mol. The fraction of sp³-hybridized carbons (Fsp3) is 0.611. The Bertz CT molecular complexity index is 587. The number of nitrogens with zero attached hydrogens (tertiary/aromatic N) is 4. The summed E-state index contributed by atoms with van der Waals surface area (Å²) in [6.07, 6.45) is 4.80. The number of piperazine rings is 1. The fourth-order valence-corrected chi connectivity index (χ4v) is 3.41. The second-order valence-electron chi connectivity index (χ2n) is 6.78. The Morgan fingerprint density at radius 3 is 2.56 bits per heavy atom. The van der Waals surface area contributed by atoms with Crippen LogP contribution in [0.1, 0.15) is 24.8 Å². The molecule has 0 saturated carbocycles. The number of carbonyl (C=O) groups excluding carboxylic acids is 2. The number of carbonyl (C=O) groups is 2. The van der Waals surface area contributed by atoms with E-state index in [4.69, 9.17) is 0 Å². The van der Waals surface area contributed by atoms with Gasteiger partial charge in [-0.15, -0.1) is 0 Å². The lowest BCUT2D eigenvalue weighted by atomic mass is 10.2. The molecule has 2 fully saturated rings. The first kappa shape index (κ1) is 17.8. The minimum Gasteiger partial charge on any atom is -0.383 e. The standard InChI is InChI=1S/C18H26N4O3/c23-16-3-1-2-8-22(18(16)25)14-17(24)21-11-9-20(10-12-21)13-15-4-6-19-7-5-15/h4-7,16,23H,1-3,8-14H2. The summed E-state index contributed by atoms with van der Waals surface area (Å²) in [6.45, 7) is 4.50. The van der Waals surface area contributed by atoms with E-state index < -0.39 is 6.10 Å². The third-order valence-corrected chi connectivity index (χ3v) is 4.96. The summed E-state index contributed by atoms with van der Waals surface area (Å²) in [5, 5.41) is 9.80. The maximum atomic E-state index is 12.5. The Kier molecular flexibility index (Phi) is 5.99. The molecule has 2 saturated heterocycles. The van der Waals surface area contributed by atoms with Gasteiger partial charge in [-0.3, -0.25) is 19.5 Å². The Morgan fingerprint density at radius 1 is 1.12 bits per heavy atom. The largest absolute Gasteiger partial charge is 0.383 e. The quantitative estimate of drug-likeness (QED) is 0.837. The molecule has 2 amide bonds.